The van der Waals surface area contributed by atoms with E-state index in [1.807, 2.05) is 39.0 Å². The molecule has 9 nitrogen and oxygen atoms in total. The van der Waals surface area contributed by atoms with Gasteiger partial charge in [-0.2, -0.15) is 0 Å². The topological polar surface area (TPSA) is 114 Å². The number of carbonyl (C=O) groups excluding carboxylic acids is 3. The molecule has 0 spiro atoms. The number of hydrogen-bond acceptors (Lipinski definition) is 10. The maximum absolute atomic E-state index is 12.6. The van der Waals surface area contributed by atoms with E-state index in [1.165, 1.54) is 37.7 Å². The van der Waals surface area contributed by atoms with Crippen molar-refractivity contribution in [1.82, 2.24) is 4.90 Å². The highest BCUT2D eigenvalue weighted by Gasteiger charge is 2.62. The van der Waals surface area contributed by atoms with Crippen molar-refractivity contribution in [2.75, 3.05) is 19.2 Å². The molecular weight excluding hydrogens is 623 g/mol. The van der Waals surface area contributed by atoms with Crippen LogP contribution in [0, 0.1) is 5.92 Å². The number of unbranched alkanes of at least 4 members (excludes halogenated alkanes) is 5. The molecule has 1 aromatic rings. The third-order valence-corrected chi connectivity index (χ3v) is 12.2. The molecule has 3 aliphatic heterocycles. The van der Waals surface area contributed by atoms with Gasteiger partial charge in [-0.25, -0.2) is 4.79 Å². The quantitative estimate of drug-likeness (QED) is 0.0679. The van der Waals surface area contributed by atoms with E-state index < -0.39 is 28.8 Å². The van der Waals surface area contributed by atoms with Gasteiger partial charge in [0.1, 0.15) is 17.0 Å². The molecule has 248 valence electrons. The van der Waals surface area contributed by atoms with Crippen molar-refractivity contribution in [3.05, 3.63) is 23.8 Å². The summed E-state index contributed by atoms with van der Waals surface area (Å²) in [5.74, 6) is 2.43. The Kier molecular flexibility index (Phi) is 14.4. The highest BCUT2D eigenvalue weighted by Crippen LogP contribution is 2.54. The number of rotatable bonds is 14. The van der Waals surface area contributed by atoms with Gasteiger partial charge in [0.25, 0.3) is 0 Å². The zero-order valence-corrected chi connectivity index (χ0v) is 29.6. The van der Waals surface area contributed by atoms with E-state index in [1.54, 1.807) is 30.5 Å². The molecule has 3 unspecified atom stereocenters. The summed E-state index contributed by atoms with van der Waals surface area (Å²) in [6, 6.07) is 5.51. The molecule has 0 bridgehead atoms. The normalized spacial score (nSPS) is 23.0. The zero-order chi connectivity index (χ0) is 32.4. The number of fused-ring (bicyclic) bond motifs is 2. The van der Waals surface area contributed by atoms with Gasteiger partial charge in [0.2, 0.25) is 17.8 Å². The van der Waals surface area contributed by atoms with Crippen LogP contribution < -0.4 is 9.47 Å². The van der Waals surface area contributed by atoms with Crippen LogP contribution in [-0.2, 0) is 36.7 Å². The van der Waals surface area contributed by atoms with Gasteiger partial charge >= 0.3 is 6.16 Å². The number of amides is 1. The highest BCUT2D eigenvalue weighted by molar-refractivity contribution is 8.14. The SMILES string of the molecule is CCCCCCCC[S+]([O-])C(C)Cc1ccc2c(c1)OCO2.CCOC(=O)OC(C)SC(=O)[C@@H]1N2C(=O)[C@@H](C)[C@H]2SC1(C)C. The molecular formula is C32H49NO8S3. The molecule has 0 radical (unpaired) electrons. The van der Waals surface area contributed by atoms with Crippen LogP contribution in [-0.4, -0.2) is 72.6 Å². The average molecular weight is 672 g/mol. The fourth-order valence-electron chi connectivity index (χ4n) is 5.44. The lowest BCUT2D eigenvalue weighted by Gasteiger charge is -2.42. The Morgan fingerprint density at radius 1 is 1.14 bits per heavy atom. The van der Waals surface area contributed by atoms with Crippen LogP contribution in [0.1, 0.15) is 92.6 Å². The molecule has 3 aliphatic rings. The van der Waals surface area contributed by atoms with Gasteiger partial charge in [-0.15, -0.1) is 11.8 Å². The number of carbonyl (C=O) groups is 3. The fraction of sp³-hybridized carbons (Fsp3) is 0.719. The first-order valence-electron chi connectivity index (χ1n) is 15.7. The van der Waals surface area contributed by atoms with Crippen molar-refractivity contribution in [3.63, 3.8) is 0 Å². The molecule has 12 heteroatoms. The predicted octanol–water partition coefficient (Wildman–Crippen LogP) is 6.92. The number of benzene rings is 1. The molecule has 2 saturated heterocycles. The summed E-state index contributed by atoms with van der Waals surface area (Å²) in [4.78, 5) is 37.6. The minimum absolute atomic E-state index is 0.0148. The van der Waals surface area contributed by atoms with Gasteiger partial charge in [0, 0.05) is 11.2 Å². The number of β-lactam (4-membered cyclic amide) rings is 1. The van der Waals surface area contributed by atoms with Gasteiger partial charge in [-0.1, -0.05) is 56.8 Å². The summed E-state index contributed by atoms with van der Waals surface area (Å²) in [7, 11) is 0. The summed E-state index contributed by atoms with van der Waals surface area (Å²) in [6.07, 6.45) is 7.53. The lowest BCUT2D eigenvalue weighted by molar-refractivity contribution is -0.154. The minimum Gasteiger partial charge on any atom is -0.616 e. The van der Waals surface area contributed by atoms with Crippen LogP contribution in [0.3, 0.4) is 0 Å². The van der Waals surface area contributed by atoms with Crippen LogP contribution >= 0.6 is 23.5 Å². The Morgan fingerprint density at radius 2 is 1.82 bits per heavy atom. The van der Waals surface area contributed by atoms with Gasteiger partial charge in [0.05, 0.1) is 17.9 Å². The van der Waals surface area contributed by atoms with Crippen LogP contribution in [0.25, 0.3) is 0 Å². The van der Waals surface area contributed by atoms with Crippen molar-refractivity contribution in [3.8, 4) is 11.5 Å². The van der Waals surface area contributed by atoms with Gasteiger partial charge < -0.3 is 28.4 Å². The minimum atomic E-state index is -0.790. The summed E-state index contributed by atoms with van der Waals surface area (Å²) >= 11 is 1.84. The van der Waals surface area contributed by atoms with Crippen LogP contribution in [0.15, 0.2) is 18.2 Å². The van der Waals surface area contributed by atoms with E-state index in [4.69, 9.17) is 14.2 Å². The largest absolute Gasteiger partial charge is 0.616 e. The fourth-order valence-corrected chi connectivity index (χ4v) is 9.41. The number of thioether (sulfide) groups is 2. The molecule has 1 amide bonds. The molecule has 6 atom stereocenters. The molecule has 0 saturated carbocycles. The maximum atomic E-state index is 12.6. The monoisotopic (exact) mass is 671 g/mol. The number of ether oxygens (including phenoxy) is 4. The summed E-state index contributed by atoms with van der Waals surface area (Å²) in [5, 5.41) is 0.103. The third kappa shape index (κ3) is 9.87. The Bertz CT molecular complexity index is 1120. The standard InChI is InChI=1S/C18H28O3S.C14H21NO5S2/c1-3-4-5-6-7-8-11-22(19)15(2)12-16-9-10-17-18(13-16)21-14-20-17;1-6-19-13(18)20-8(3)21-12(17)9-14(4,5)22-11-7(2)10(16)15(9)11/h9-10,13,15H,3-8,11-12,14H2,1-2H3;7-9,11H,6H2,1-5H3/t;7-,8?,9+,11-/m.1/s1. The van der Waals surface area contributed by atoms with E-state index in [0.717, 1.165) is 41.9 Å². The van der Waals surface area contributed by atoms with Crippen molar-refractivity contribution < 1.29 is 37.9 Å². The second-order valence-corrected chi connectivity index (χ2v) is 17.0. The van der Waals surface area contributed by atoms with Crippen molar-refractivity contribution in [2.45, 2.75) is 120 Å². The number of hydrogen-bond donors (Lipinski definition) is 0. The van der Waals surface area contributed by atoms with Gasteiger partial charge in [-0.05, 0) is 76.9 Å². The van der Waals surface area contributed by atoms with Crippen LogP contribution in [0.4, 0.5) is 4.79 Å². The molecule has 0 aliphatic carbocycles. The van der Waals surface area contributed by atoms with E-state index in [-0.39, 0.29) is 38.9 Å². The molecule has 0 N–H and O–H groups in total. The van der Waals surface area contributed by atoms with Crippen molar-refractivity contribution in [2.24, 2.45) is 5.92 Å². The molecule has 3 heterocycles. The predicted molar refractivity (Wildman–Crippen MR) is 178 cm³/mol. The Labute approximate surface area is 274 Å². The molecule has 44 heavy (non-hydrogen) atoms. The second kappa shape index (κ2) is 17.2. The zero-order valence-electron chi connectivity index (χ0n) is 27.1. The van der Waals surface area contributed by atoms with Crippen LogP contribution in [0.2, 0.25) is 0 Å². The highest BCUT2D eigenvalue weighted by atomic mass is 32.2. The lowest BCUT2D eigenvalue weighted by Crippen LogP contribution is -2.61. The molecule has 0 aromatic heterocycles. The van der Waals surface area contributed by atoms with E-state index in [9.17, 15) is 18.9 Å². The lowest BCUT2D eigenvalue weighted by atomic mass is 9.94. The first-order valence-corrected chi connectivity index (χ1v) is 18.8. The first kappa shape index (κ1) is 36.7. The van der Waals surface area contributed by atoms with Crippen molar-refractivity contribution in [1.29, 1.82) is 0 Å². The smallest absolute Gasteiger partial charge is 0.509 e. The van der Waals surface area contributed by atoms with E-state index in [0.29, 0.717) is 6.79 Å². The summed E-state index contributed by atoms with van der Waals surface area (Å²) < 4.78 is 32.4. The summed E-state index contributed by atoms with van der Waals surface area (Å²) in [6.45, 7) is 14.0. The van der Waals surface area contributed by atoms with E-state index >= 15 is 0 Å². The Balaban J connectivity index is 0.000000240. The molecule has 1 aromatic carbocycles. The van der Waals surface area contributed by atoms with Crippen molar-refractivity contribution >= 4 is 51.9 Å². The average Bonchev–Trinajstić information content (AvgIpc) is 3.54. The Morgan fingerprint density at radius 3 is 2.52 bits per heavy atom. The van der Waals surface area contributed by atoms with Gasteiger partial charge in [0.15, 0.2) is 16.9 Å². The van der Waals surface area contributed by atoms with Crippen LogP contribution in [0.5, 0.6) is 11.5 Å². The molecule has 4 rings (SSSR count). The Hall–Kier alpha value is -1.76. The third-order valence-electron chi connectivity index (χ3n) is 7.84. The summed E-state index contributed by atoms with van der Waals surface area (Å²) in [5.41, 5.74) is 0.522. The first-order chi connectivity index (χ1) is 20.9. The second-order valence-electron chi connectivity index (χ2n) is 11.9. The number of nitrogens with zero attached hydrogens (tertiary/aromatic N) is 1. The van der Waals surface area contributed by atoms with Gasteiger partial charge in [-0.3, -0.25) is 9.59 Å². The van der Waals surface area contributed by atoms with E-state index in [2.05, 4.69) is 18.6 Å². The maximum Gasteiger partial charge on any atom is 0.509 e. The molecule has 2 fully saturated rings.